The van der Waals surface area contributed by atoms with Crippen LogP contribution in [-0.2, 0) is 9.53 Å². The number of thioether (sulfide) groups is 1. The lowest BCUT2D eigenvalue weighted by atomic mass is 10.1. The highest BCUT2D eigenvalue weighted by Gasteiger charge is 2.34. The second-order valence-electron chi connectivity index (χ2n) is 5.47. The molecule has 1 aromatic rings. The van der Waals surface area contributed by atoms with Gasteiger partial charge in [-0.25, -0.2) is 0 Å². The van der Waals surface area contributed by atoms with Crippen LogP contribution in [0.25, 0.3) is 6.08 Å². The number of hydrogen-bond acceptors (Lipinski definition) is 6. The second-order valence-corrected chi connectivity index (χ2v) is 8.00. The van der Waals surface area contributed by atoms with Crippen molar-refractivity contribution >= 4 is 56.2 Å². The zero-order valence-electron chi connectivity index (χ0n) is 13.0. The topological polar surface area (TPSA) is 59.0 Å². The van der Waals surface area contributed by atoms with Gasteiger partial charge in [0.15, 0.2) is 11.5 Å². The smallest absolute Gasteiger partial charge is 0.266 e. The number of phenols is 1. The Hall–Kier alpha value is -1.09. The number of carbonyl (C=O) groups excluding carboxylic acids is 1. The van der Waals surface area contributed by atoms with Crippen molar-refractivity contribution in [1.82, 2.24) is 4.90 Å². The number of nitrogens with zero attached hydrogens (tertiary/aromatic N) is 1. The maximum Gasteiger partial charge on any atom is 0.266 e. The first-order chi connectivity index (χ1) is 11.5. The molecule has 0 aliphatic carbocycles. The number of hydrogen-bond donors (Lipinski definition) is 1. The van der Waals surface area contributed by atoms with E-state index in [4.69, 9.17) is 21.7 Å². The summed E-state index contributed by atoms with van der Waals surface area (Å²) in [5.74, 6) is 0.270. The number of thiocarbonyl (C=S) groups is 1. The molecule has 8 heteroatoms. The van der Waals surface area contributed by atoms with E-state index in [0.29, 0.717) is 26.0 Å². The van der Waals surface area contributed by atoms with Crippen LogP contribution in [0.15, 0.2) is 21.5 Å². The van der Waals surface area contributed by atoms with E-state index in [1.54, 1.807) is 17.0 Å². The third-order valence-electron chi connectivity index (χ3n) is 3.87. The van der Waals surface area contributed by atoms with Crippen LogP contribution in [0.3, 0.4) is 0 Å². The average Bonchev–Trinajstić information content (AvgIpc) is 3.14. The summed E-state index contributed by atoms with van der Waals surface area (Å²) in [7, 11) is 1.48. The molecule has 2 saturated heterocycles. The third kappa shape index (κ3) is 3.61. The van der Waals surface area contributed by atoms with E-state index in [1.807, 2.05) is 0 Å². The SMILES string of the molecule is COc1cc(/C=C2\SC(=S)N(C[C@H]3CCCO3)C2=O)c(Br)cc1O. The molecule has 0 aromatic heterocycles. The number of aromatic hydroxyl groups is 1. The van der Waals surface area contributed by atoms with Gasteiger partial charge in [-0.2, -0.15) is 0 Å². The molecule has 0 unspecified atom stereocenters. The zero-order chi connectivity index (χ0) is 17.3. The van der Waals surface area contributed by atoms with Crippen LogP contribution in [0, 0.1) is 0 Å². The van der Waals surface area contributed by atoms with Crippen LogP contribution in [0.2, 0.25) is 0 Å². The molecule has 1 atom stereocenters. The van der Waals surface area contributed by atoms with Gasteiger partial charge in [0, 0.05) is 11.1 Å². The van der Waals surface area contributed by atoms with Gasteiger partial charge in [-0.15, -0.1) is 0 Å². The van der Waals surface area contributed by atoms with Crippen LogP contribution in [0.1, 0.15) is 18.4 Å². The number of benzene rings is 1. The minimum atomic E-state index is -0.112. The molecular formula is C16H16BrNO4S2. The van der Waals surface area contributed by atoms with Gasteiger partial charge < -0.3 is 14.6 Å². The van der Waals surface area contributed by atoms with E-state index >= 15 is 0 Å². The molecule has 0 spiro atoms. The van der Waals surface area contributed by atoms with Crippen molar-refractivity contribution in [3.63, 3.8) is 0 Å². The largest absolute Gasteiger partial charge is 0.504 e. The Bertz CT molecular complexity index is 716. The highest BCUT2D eigenvalue weighted by molar-refractivity contribution is 9.10. The summed E-state index contributed by atoms with van der Waals surface area (Å²) in [4.78, 5) is 14.8. The van der Waals surface area contributed by atoms with Crippen LogP contribution in [0.4, 0.5) is 0 Å². The van der Waals surface area contributed by atoms with Gasteiger partial charge in [0.1, 0.15) is 4.32 Å². The maximum absolute atomic E-state index is 12.6. The monoisotopic (exact) mass is 429 g/mol. The molecule has 2 heterocycles. The number of amides is 1. The van der Waals surface area contributed by atoms with Gasteiger partial charge in [0.25, 0.3) is 5.91 Å². The van der Waals surface area contributed by atoms with Gasteiger partial charge in [-0.3, -0.25) is 9.69 Å². The highest BCUT2D eigenvalue weighted by Crippen LogP contribution is 2.37. The number of rotatable bonds is 4. The third-order valence-corrected chi connectivity index (χ3v) is 5.93. The molecule has 5 nitrogen and oxygen atoms in total. The van der Waals surface area contributed by atoms with Crippen molar-refractivity contribution in [3.8, 4) is 11.5 Å². The van der Waals surface area contributed by atoms with Crippen LogP contribution >= 0.6 is 39.9 Å². The Morgan fingerprint density at radius 3 is 3.04 bits per heavy atom. The number of ether oxygens (including phenoxy) is 2. The van der Waals surface area contributed by atoms with E-state index < -0.39 is 0 Å². The number of phenolic OH excluding ortho intramolecular Hbond substituents is 1. The molecule has 2 fully saturated rings. The second kappa shape index (κ2) is 7.43. The Labute approximate surface area is 158 Å². The van der Waals surface area contributed by atoms with Crippen molar-refractivity contribution in [2.45, 2.75) is 18.9 Å². The summed E-state index contributed by atoms with van der Waals surface area (Å²) in [5.41, 5.74) is 0.738. The molecule has 1 amide bonds. The molecule has 3 rings (SSSR count). The standard InChI is InChI=1S/C16H16BrNO4S2/c1-21-13-5-9(11(17)7-12(13)19)6-14-15(20)18(16(23)24-14)8-10-3-2-4-22-10/h5-7,10,19H,2-4,8H2,1H3/b14-6-/t10-/m1/s1. The fourth-order valence-electron chi connectivity index (χ4n) is 2.62. The molecule has 128 valence electrons. The minimum Gasteiger partial charge on any atom is -0.504 e. The lowest BCUT2D eigenvalue weighted by Gasteiger charge is -2.18. The summed E-state index contributed by atoms with van der Waals surface area (Å²) < 4.78 is 11.9. The lowest BCUT2D eigenvalue weighted by Crippen LogP contribution is -2.35. The average molecular weight is 430 g/mol. The number of methoxy groups -OCH3 is 1. The summed E-state index contributed by atoms with van der Waals surface area (Å²) in [5, 5.41) is 9.78. The van der Waals surface area contributed by atoms with Crippen molar-refractivity contribution in [2.24, 2.45) is 0 Å². The molecule has 0 saturated carbocycles. The normalized spacial score (nSPS) is 22.7. The Kier molecular flexibility index (Phi) is 5.49. The number of halogens is 1. The van der Waals surface area contributed by atoms with Gasteiger partial charge in [-0.1, -0.05) is 39.9 Å². The maximum atomic E-state index is 12.6. The predicted octanol–water partition coefficient (Wildman–Crippen LogP) is 3.54. The van der Waals surface area contributed by atoms with E-state index in [1.165, 1.54) is 24.9 Å². The molecule has 0 radical (unpaired) electrons. The quantitative estimate of drug-likeness (QED) is 0.583. The van der Waals surface area contributed by atoms with Gasteiger partial charge in [-0.05, 0) is 36.6 Å². The van der Waals surface area contributed by atoms with E-state index in [2.05, 4.69) is 15.9 Å². The Morgan fingerprint density at radius 2 is 2.38 bits per heavy atom. The molecule has 2 aliphatic rings. The van der Waals surface area contributed by atoms with Crippen LogP contribution in [-0.4, -0.2) is 46.6 Å². The Morgan fingerprint density at radius 1 is 1.58 bits per heavy atom. The van der Waals surface area contributed by atoms with Crippen molar-refractivity contribution in [1.29, 1.82) is 0 Å². The summed E-state index contributed by atoms with van der Waals surface area (Å²) in [6.45, 7) is 1.25. The van der Waals surface area contributed by atoms with E-state index in [0.717, 1.165) is 25.0 Å². The van der Waals surface area contributed by atoms with Crippen molar-refractivity contribution < 1.29 is 19.4 Å². The molecule has 1 N–H and O–H groups in total. The summed E-state index contributed by atoms with van der Waals surface area (Å²) in [6, 6.07) is 3.21. The summed E-state index contributed by atoms with van der Waals surface area (Å²) in [6.07, 6.45) is 3.79. The molecule has 0 bridgehead atoms. The van der Waals surface area contributed by atoms with Crippen LogP contribution in [0.5, 0.6) is 11.5 Å². The molecular weight excluding hydrogens is 414 g/mol. The van der Waals surface area contributed by atoms with Gasteiger partial charge in [0.05, 0.1) is 24.7 Å². The fourth-order valence-corrected chi connectivity index (χ4v) is 4.34. The first-order valence-corrected chi connectivity index (χ1v) is 9.45. The fraction of sp³-hybridized carbons (Fsp3) is 0.375. The van der Waals surface area contributed by atoms with Gasteiger partial charge in [0.2, 0.25) is 0 Å². The molecule has 24 heavy (non-hydrogen) atoms. The molecule has 2 aliphatic heterocycles. The highest BCUT2D eigenvalue weighted by atomic mass is 79.9. The minimum absolute atomic E-state index is 0.0347. The number of carbonyl (C=O) groups is 1. The van der Waals surface area contributed by atoms with E-state index in [9.17, 15) is 9.90 Å². The van der Waals surface area contributed by atoms with Crippen molar-refractivity contribution in [2.75, 3.05) is 20.3 Å². The van der Waals surface area contributed by atoms with Crippen molar-refractivity contribution in [3.05, 3.63) is 27.1 Å². The Balaban J connectivity index is 1.83. The van der Waals surface area contributed by atoms with Gasteiger partial charge >= 0.3 is 0 Å². The predicted molar refractivity (Wildman–Crippen MR) is 101 cm³/mol. The first-order valence-electron chi connectivity index (χ1n) is 7.43. The molecule has 1 aromatic carbocycles. The van der Waals surface area contributed by atoms with E-state index in [-0.39, 0.29) is 17.8 Å². The lowest BCUT2D eigenvalue weighted by molar-refractivity contribution is -0.123. The summed E-state index contributed by atoms with van der Waals surface area (Å²) >= 11 is 10.0. The first kappa shape index (κ1) is 17.7. The zero-order valence-corrected chi connectivity index (χ0v) is 16.2. The van der Waals surface area contributed by atoms with Crippen LogP contribution < -0.4 is 4.74 Å².